The number of hydrogen-bond donors (Lipinski definition) is 0. The minimum atomic E-state index is -1.51. The van der Waals surface area contributed by atoms with Gasteiger partial charge in [0.05, 0.1) is 11.6 Å². The molecule has 10 heavy (non-hydrogen) atoms. The van der Waals surface area contributed by atoms with Gasteiger partial charge in [-0.2, -0.15) is 5.26 Å². The number of benzene rings is 1. The third kappa shape index (κ3) is 1.58. The summed E-state index contributed by atoms with van der Waals surface area (Å²) >= 11 is 2.88. The first-order valence-corrected chi connectivity index (χ1v) is 3.53. The second-order valence-electron chi connectivity index (χ2n) is 1.78. The zero-order valence-electron chi connectivity index (χ0n) is 7.13. The van der Waals surface area contributed by atoms with Crippen LogP contribution in [-0.4, -0.2) is 0 Å². The van der Waals surface area contributed by atoms with Gasteiger partial charge in [-0.1, -0.05) is 28.1 Å². The number of hydrogen-bond acceptors (Lipinski definition) is 1. The molecule has 0 atom stereocenters. The van der Waals surface area contributed by atoms with Gasteiger partial charge in [0.1, 0.15) is 0 Å². The Balaban J connectivity index is 3.02. The fraction of sp³-hybridized carbons (Fsp3) is 0.125. The molecule has 0 aliphatic heterocycles. The van der Waals surface area contributed by atoms with Crippen LogP contribution in [0.3, 0.4) is 0 Å². The summed E-state index contributed by atoms with van der Waals surface area (Å²) in [6, 6.07) is 8.33. The van der Waals surface area contributed by atoms with Crippen LogP contribution in [0.4, 0.5) is 0 Å². The molecule has 0 saturated heterocycles. The molecule has 0 aromatic heterocycles. The van der Waals surface area contributed by atoms with E-state index in [0.717, 1.165) is 0 Å². The van der Waals surface area contributed by atoms with Crippen LogP contribution in [0, 0.1) is 11.3 Å². The van der Waals surface area contributed by atoms with Gasteiger partial charge < -0.3 is 0 Å². The molecule has 1 aromatic rings. The highest BCUT2D eigenvalue weighted by atomic mass is 79.9. The Morgan fingerprint density at radius 2 is 2.10 bits per heavy atom. The summed E-state index contributed by atoms with van der Waals surface area (Å²) in [4.78, 5) is 0. The molecular weight excluding hydrogens is 190 g/mol. The van der Waals surface area contributed by atoms with Crippen LogP contribution in [0.25, 0.3) is 0 Å². The predicted molar refractivity (Wildman–Crippen MR) is 43.8 cm³/mol. The van der Waals surface area contributed by atoms with Gasteiger partial charge >= 0.3 is 0 Å². The summed E-state index contributed by atoms with van der Waals surface area (Å²) in [6.45, 7) is 0. The maximum absolute atomic E-state index is 8.48. The maximum Gasteiger partial charge on any atom is 0.0991 e. The highest BCUT2D eigenvalue weighted by Gasteiger charge is 1.89. The first kappa shape index (κ1) is 4.92. The van der Waals surface area contributed by atoms with Crippen molar-refractivity contribution in [2.45, 2.75) is 5.28 Å². The molecule has 0 aliphatic rings. The minimum absolute atomic E-state index is 0.515. The lowest BCUT2D eigenvalue weighted by Crippen LogP contribution is -1.76. The molecule has 1 rings (SSSR count). The van der Waals surface area contributed by atoms with Crippen LogP contribution in [0.1, 0.15) is 13.9 Å². The quantitative estimate of drug-likeness (QED) is 0.635. The van der Waals surface area contributed by atoms with E-state index in [1.165, 1.54) is 0 Å². The lowest BCUT2D eigenvalue weighted by atomic mass is 10.2. The summed E-state index contributed by atoms with van der Waals surface area (Å²) in [5, 5.41) is 6.96. The number of nitriles is 1. The van der Waals surface area contributed by atoms with E-state index < -0.39 is 5.28 Å². The van der Waals surface area contributed by atoms with Crippen LogP contribution in [0.2, 0.25) is 0 Å². The smallest absolute Gasteiger partial charge is 0.0991 e. The Kier molecular flexibility index (Phi) is 1.66. The van der Waals surface area contributed by atoms with Crippen molar-refractivity contribution in [1.82, 2.24) is 0 Å². The third-order valence-electron chi connectivity index (χ3n) is 1.12. The molecule has 0 bridgehead atoms. The zero-order valence-corrected chi connectivity index (χ0v) is 6.72. The maximum atomic E-state index is 8.48. The Labute approximate surface area is 71.2 Å². The standard InChI is InChI=1S/C8H6BrN/c9-5-7-1-3-8(6-10)4-2-7/h1-4H,5H2/i5D2. The van der Waals surface area contributed by atoms with Gasteiger partial charge in [-0.3, -0.25) is 0 Å². The Bertz CT molecular complexity index is 307. The number of halogens is 1. The molecule has 0 saturated carbocycles. The SMILES string of the molecule is [2H]C([2H])(Br)c1ccc(C#N)cc1. The molecule has 0 aliphatic carbocycles. The first-order valence-electron chi connectivity index (χ1n) is 3.73. The predicted octanol–water partition coefficient (Wildman–Crippen LogP) is 2.45. The number of rotatable bonds is 1. The molecular formula is C8H6BrN. The minimum Gasteiger partial charge on any atom is -0.192 e. The van der Waals surface area contributed by atoms with Crippen molar-refractivity contribution < 1.29 is 2.74 Å². The van der Waals surface area contributed by atoms with Crippen molar-refractivity contribution >= 4 is 15.9 Å². The molecule has 1 nitrogen and oxygen atoms in total. The Morgan fingerprint density at radius 3 is 2.50 bits per heavy atom. The normalized spacial score (nSPS) is 13.2. The highest BCUT2D eigenvalue weighted by Crippen LogP contribution is 2.06. The zero-order chi connectivity index (χ0) is 9.19. The van der Waals surface area contributed by atoms with Gasteiger partial charge in [0, 0.05) is 8.02 Å². The molecule has 0 heterocycles. The van der Waals surface area contributed by atoms with Crippen LogP contribution >= 0.6 is 15.9 Å². The van der Waals surface area contributed by atoms with Gasteiger partial charge in [0.15, 0.2) is 0 Å². The molecule has 0 amide bonds. The molecule has 2 heteroatoms. The van der Waals surface area contributed by atoms with Gasteiger partial charge in [-0.25, -0.2) is 0 Å². The lowest BCUT2D eigenvalue weighted by molar-refractivity contribution is 1.41. The molecule has 1 aromatic carbocycles. The van der Waals surface area contributed by atoms with E-state index >= 15 is 0 Å². The van der Waals surface area contributed by atoms with Crippen LogP contribution in [0.5, 0.6) is 0 Å². The summed E-state index contributed by atoms with van der Waals surface area (Å²) in [6.07, 6.45) is 0. The fourth-order valence-electron chi connectivity index (χ4n) is 0.608. The number of nitrogens with zero attached hydrogens (tertiary/aromatic N) is 1. The van der Waals surface area contributed by atoms with Crippen LogP contribution in [-0.2, 0) is 5.28 Å². The van der Waals surface area contributed by atoms with Gasteiger partial charge in [-0.05, 0) is 17.7 Å². The van der Waals surface area contributed by atoms with Crippen LogP contribution < -0.4 is 0 Å². The third-order valence-corrected chi connectivity index (χ3v) is 1.58. The van der Waals surface area contributed by atoms with Crippen molar-refractivity contribution in [1.29, 1.82) is 5.26 Å². The summed E-state index contributed by atoms with van der Waals surface area (Å²) in [5.41, 5.74) is 1.05. The fourth-order valence-corrected chi connectivity index (χ4v) is 0.872. The van der Waals surface area contributed by atoms with E-state index in [1.54, 1.807) is 24.3 Å². The molecule has 50 valence electrons. The number of alkyl halides is 1. The summed E-state index contributed by atoms with van der Waals surface area (Å²) in [5.74, 6) is 0. The topological polar surface area (TPSA) is 23.8 Å². The second kappa shape index (κ2) is 3.38. The van der Waals surface area contributed by atoms with Crippen molar-refractivity contribution in [3.8, 4) is 6.07 Å². The molecule has 0 unspecified atom stereocenters. The van der Waals surface area contributed by atoms with Gasteiger partial charge in [0.25, 0.3) is 0 Å². The van der Waals surface area contributed by atoms with Gasteiger partial charge in [0.2, 0.25) is 0 Å². The van der Waals surface area contributed by atoms with Gasteiger partial charge in [-0.15, -0.1) is 0 Å². The van der Waals surface area contributed by atoms with Crippen LogP contribution in [0.15, 0.2) is 24.3 Å². The molecule has 0 fully saturated rings. The van der Waals surface area contributed by atoms with Crippen molar-refractivity contribution in [3.05, 3.63) is 35.4 Å². The average Bonchev–Trinajstić information content (AvgIpc) is 2.03. The Morgan fingerprint density at radius 1 is 1.50 bits per heavy atom. The van der Waals surface area contributed by atoms with E-state index in [9.17, 15) is 0 Å². The monoisotopic (exact) mass is 197 g/mol. The Hall–Kier alpha value is -0.810. The second-order valence-corrected chi connectivity index (χ2v) is 2.18. The van der Waals surface area contributed by atoms with Crippen molar-refractivity contribution in [2.24, 2.45) is 0 Å². The van der Waals surface area contributed by atoms with Crippen molar-refractivity contribution in [3.63, 3.8) is 0 Å². The molecule has 0 spiro atoms. The van der Waals surface area contributed by atoms with E-state index in [0.29, 0.717) is 11.1 Å². The lowest BCUT2D eigenvalue weighted by Gasteiger charge is -1.92. The van der Waals surface area contributed by atoms with E-state index in [-0.39, 0.29) is 0 Å². The average molecular weight is 198 g/mol. The first-order chi connectivity index (χ1) is 5.54. The largest absolute Gasteiger partial charge is 0.192 e. The van der Waals surface area contributed by atoms with E-state index in [1.807, 2.05) is 6.07 Å². The van der Waals surface area contributed by atoms with Crippen molar-refractivity contribution in [2.75, 3.05) is 0 Å². The highest BCUT2D eigenvalue weighted by molar-refractivity contribution is 9.08. The molecule has 0 radical (unpaired) electrons. The summed E-state index contributed by atoms with van der Waals surface area (Å²) in [7, 11) is 0. The summed E-state index contributed by atoms with van der Waals surface area (Å²) < 4.78 is 14.6. The molecule has 0 N–H and O–H groups in total. The van der Waals surface area contributed by atoms with E-state index in [4.69, 9.17) is 8.00 Å². The van der Waals surface area contributed by atoms with E-state index in [2.05, 4.69) is 15.9 Å².